The van der Waals surface area contributed by atoms with E-state index in [2.05, 4.69) is 6.58 Å². The molecule has 0 saturated carbocycles. The highest BCUT2D eigenvalue weighted by molar-refractivity contribution is 5.90. The maximum Gasteiger partial charge on any atom is 0.333 e. The Hall–Kier alpha value is -3.19. The zero-order chi connectivity index (χ0) is 24.0. The van der Waals surface area contributed by atoms with Crippen LogP contribution in [0.3, 0.4) is 0 Å². The van der Waals surface area contributed by atoms with Crippen molar-refractivity contribution in [2.24, 2.45) is 0 Å². The first-order valence-corrected chi connectivity index (χ1v) is 9.81. The molecule has 0 aliphatic carbocycles. The Kier molecular flexibility index (Phi) is 13.2. The summed E-state index contributed by atoms with van der Waals surface area (Å²) in [6, 6.07) is 9.67. The molecular weight excluding hydrogens is 398 g/mol. The van der Waals surface area contributed by atoms with Crippen LogP contribution in [0.25, 0.3) is 0 Å². The topological polar surface area (TPSA) is 104 Å². The fourth-order valence-corrected chi connectivity index (χ4v) is 2.20. The van der Waals surface area contributed by atoms with Gasteiger partial charge in [-0.3, -0.25) is 0 Å². The van der Waals surface area contributed by atoms with E-state index in [-0.39, 0.29) is 17.1 Å². The average molecular weight is 432 g/mol. The highest BCUT2D eigenvalue weighted by Gasteiger charge is 2.10. The second kappa shape index (κ2) is 14.7. The molecule has 0 aliphatic rings. The Balaban J connectivity index is 0.000000695. The lowest BCUT2D eigenvalue weighted by Gasteiger charge is -2.09. The van der Waals surface area contributed by atoms with Crippen molar-refractivity contribution in [3.63, 3.8) is 0 Å². The van der Waals surface area contributed by atoms with Crippen LogP contribution in [-0.4, -0.2) is 60.3 Å². The fraction of sp³-hybridized carbons (Fsp3) is 0.375. The minimum absolute atomic E-state index is 0.133. The number of hydrogen-bond acceptors (Lipinski definition) is 5. The minimum atomic E-state index is -1.04. The summed E-state index contributed by atoms with van der Waals surface area (Å²) in [5, 5.41) is 18.0. The first-order chi connectivity index (χ1) is 14.5. The van der Waals surface area contributed by atoms with Gasteiger partial charge >= 0.3 is 17.9 Å². The summed E-state index contributed by atoms with van der Waals surface area (Å²) in [7, 11) is 3.85. The second-order valence-corrected chi connectivity index (χ2v) is 7.29. The van der Waals surface area contributed by atoms with Gasteiger partial charge in [-0.25, -0.2) is 14.4 Å². The van der Waals surface area contributed by atoms with Gasteiger partial charge in [0, 0.05) is 23.3 Å². The third-order valence-corrected chi connectivity index (χ3v) is 4.18. The van der Waals surface area contributed by atoms with Crippen LogP contribution in [-0.2, 0) is 25.5 Å². The maximum absolute atomic E-state index is 11.1. The van der Waals surface area contributed by atoms with E-state index in [1.54, 1.807) is 6.92 Å². The zero-order valence-electron chi connectivity index (χ0n) is 19.0. The van der Waals surface area contributed by atoms with Crippen LogP contribution in [0.2, 0.25) is 0 Å². The number of benzene rings is 1. The predicted octanol–water partition coefficient (Wildman–Crippen LogP) is 3.72. The van der Waals surface area contributed by atoms with Crippen LogP contribution in [0.5, 0.6) is 0 Å². The van der Waals surface area contributed by atoms with Gasteiger partial charge in [0.05, 0.1) is 0 Å². The predicted molar refractivity (Wildman–Crippen MR) is 121 cm³/mol. The van der Waals surface area contributed by atoms with Crippen LogP contribution in [0.15, 0.2) is 65.3 Å². The van der Waals surface area contributed by atoms with Gasteiger partial charge < -0.3 is 19.8 Å². The summed E-state index contributed by atoms with van der Waals surface area (Å²) in [6.07, 6.45) is 2.60. The van der Waals surface area contributed by atoms with Gasteiger partial charge in [0.15, 0.2) is 0 Å². The highest BCUT2D eigenvalue weighted by atomic mass is 16.5. The van der Waals surface area contributed by atoms with Gasteiger partial charge in [0.1, 0.15) is 6.61 Å². The normalized spacial score (nSPS) is 11.7. The number of carboxylic acid groups (broad SMARTS) is 2. The number of aryl methyl sites for hydroxylation is 1. The van der Waals surface area contributed by atoms with Crippen LogP contribution in [0.4, 0.5) is 0 Å². The van der Waals surface area contributed by atoms with Gasteiger partial charge in [-0.2, -0.15) is 0 Å². The molecule has 0 spiro atoms. The number of nitrogens with zero attached hydrogens (tertiary/aromatic N) is 1. The van der Waals surface area contributed by atoms with E-state index in [0.29, 0.717) is 30.6 Å². The van der Waals surface area contributed by atoms with Crippen LogP contribution in [0.1, 0.15) is 32.8 Å². The summed E-state index contributed by atoms with van der Waals surface area (Å²) >= 11 is 0. The van der Waals surface area contributed by atoms with Crippen LogP contribution >= 0.6 is 0 Å². The monoisotopic (exact) mass is 431 g/mol. The fourth-order valence-electron chi connectivity index (χ4n) is 2.20. The number of ether oxygens (including phenoxy) is 1. The molecule has 0 saturated heterocycles. The summed E-state index contributed by atoms with van der Waals surface area (Å²) in [4.78, 5) is 34.7. The lowest BCUT2D eigenvalue weighted by molar-refractivity contribution is -0.139. The maximum atomic E-state index is 11.1. The summed E-state index contributed by atoms with van der Waals surface area (Å²) in [6.45, 7) is 9.23. The largest absolute Gasteiger partial charge is 0.478 e. The molecule has 2 N–H and O–H groups in total. The van der Waals surface area contributed by atoms with Gasteiger partial charge in [-0.05, 0) is 64.9 Å². The van der Waals surface area contributed by atoms with Crippen molar-refractivity contribution in [2.45, 2.75) is 33.6 Å². The van der Waals surface area contributed by atoms with Crippen molar-refractivity contribution in [1.82, 2.24) is 4.90 Å². The Morgan fingerprint density at radius 2 is 1.61 bits per heavy atom. The van der Waals surface area contributed by atoms with Crippen LogP contribution in [0, 0.1) is 0 Å². The van der Waals surface area contributed by atoms with Crippen molar-refractivity contribution < 1.29 is 29.3 Å². The molecule has 0 aromatic heterocycles. The number of aliphatic carboxylic acids is 2. The standard InChI is InChI=1S/C16H18O4.C8H15NO2/c1-11(15(17)18)10-14(12(2)16(19)20)9-8-13-6-4-3-5-7-13;1-7(2)8(10)11-6-5-9(3)4/h3-7,10H,8-9H2,1-2H3,(H,17,18)(H,19,20);1,5-6H2,2-4H3. The minimum Gasteiger partial charge on any atom is -0.478 e. The Morgan fingerprint density at radius 1 is 1.03 bits per heavy atom. The lowest BCUT2D eigenvalue weighted by Crippen LogP contribution is -2.20. The number of esters is 1. The number of hydrogen-bond donors (Lipinski definition) is 2. The number of carbonyl (C=O) groups excluding carboxylic acids is 1. The third kappa shape index (κ3) is 12.9. The van der Waals surface area contributed by atoms with E-state index in [1.807, 2.05) is 49.3 Å². The smallest absolute Gasteiger partial charge is 0.333 e. The molecule has 0 bridgehead atoms. The van der Waals surface area contributed by atoms with Crippen LogP contribution < -0.4 is 0 Å². The quantitative estimate of drug-likeness (QED) is 0.330. The first kappa shape index (κ1) is 27.8. The Labute approximate surface area is 184 Å². The van der Waals surface area contributed by atoms with Gasteiger partial charge in [0.2, 0.25) is 0 Å². The first-order valence-electron chi connectivity index (χ1n) is 9.81. The molecule has 1 rings (SSSR count). The number of carboxylic acids is 2. The van der Waals surface area contributed by atoms with E-state index in [1.165, 1.54) is 19.9 Å². The van der Waals surface area contributed by atoms with E-state index in [4.69, 9.17) is 14.9 Å². The molecule has 0 amide bonds. The molecule has 1 aromatic carbocycles. The number of rotatable bonds is 10. The molecule has 0 radical (unpaired) electrons. The number of likely N-dealkylation sites (N-methyl/N-ethyl adjacent to an activating group) is 1. The summed E-state index contributed by atoms with van der Waals surface area (Å²) in [5.41, 5.74) is 2.39. The van der Waals surface area contributed by atoms with Crippen molar-refractivity contribution in [3.8, 4) is 0 Å². The zero-order valence-corrected chi connectivity index (χ0v) is 19.0. The molecule has 0 heterocycles. The van der Waals surface area contributed by atoms with Crippen molar-refractivity contribution in [2.75, 3.05) is 27.2 Å². The molecule has 1 aromatic rings. The summed E-state index contributed by atoms with van der Waals surface area (Å²) < 4.78 is 4.83. The molecule has 170 valence electrons. The average Bonchev–Trinajstić information content (AvgIpc) is 2.70. The SMILES string of the molecule is C=C(C)C(=O)OCCN(C)C.CC(=CC(CCc1ccccc1)=C(C)C(=O)O)C(=O)O. The van der Waals surface area contributed by atoms with Crippen molar-refractivity contribution in [3.05, 3.63) is 70.8 Å². The molecule has 0 atom stereocenters. The van der Waals surface area contributed by atoms with E-state index < -0.39 is 11.9 Å². The van der Waals surface area contributed by atoms with Crippen molar-refractivity contribution >= 4 is 17.9 Å². The molecule has 7 heteroatoms. The van der Waals surface area contributed by atoms with E-state index in [0.717, 1.165) is 12.1 Å². The Bertz CT molecular complexity index is 822. The van der Waals surface area contributed by atoms with Crippen molar-refractivity contribution in [1.29, 1.82) is 0 Å². The number of allylic oxidation sites excluding steroid dienone is 2. The third-order valence-electron chi connectivity index (χ3n) is 4.18. The molecule has 0 aliphatic heterocycles. The van der Waals surface area contributed by atoms with E-state index >= 15 is 0 Å². The summed E-state index contributed by atoms with van der Waals surface area (Å²) in [5.74, 6) is -2.38. The van der Waals surface area contributed by atoms with Gasteiger partial charge in [-0.1, -0.05) is 36.9 Å². The number of carbonyl (C=O) groups is 3. The Morgan fingerprint density at radius 3 is 2.06 bits per heavy atom. The van der Waals surface area contributed by atoms with Gasteiger partial charge in [-0.15, -0.1) is 0 Å². The van der Waals surface area contributed by atoms with E-state index in [9.17, 15) is 14.4 Å². The lowest BCUT2D eigenvalue weighted by atomic mass is 9.98. The second-order valence-electron chi connectivity index (χ2n) is 7.29. The molecule has 0 fully saturated rings. The molecule has 0 unspecified atom stereocenters. The van der Waals surface area contributed by atoms with Gasteiger partial charge in [0.25, 0.3) is 0 Å². The molecular formula is C24H33NO6. The molecule has 31 heavy (non-hydrogen) atoms. The molecule has 7 nitrogen and oxygen atoms in total. The highest BCUT2D eigenvalue weighted by Crippen LogP contribution is 2.17.